The molecule has 0 aromatic heterocycles. The highest BCUT2D eigenvalue weighted by molar-refractivity contribution is 5.71. The summed E-state index contributed by atoms with van der Waals surface area (Å²) in [6, 6.07) is 11.7. The number of esters is 1. The van der Waals surface area contributed by atoms with Gasteiger partial charge in [-0.2, -0.15) is 0 Å². The van der Waals surface area contributed by atoms with Crippen molar-refractivity contribution in [2.75, 3.05) is 32.8 Å². The lowest BCUT2D eigenvalue weighted by molar-refractivity contribution is -0.144. The number of hydrogen-bond donors (Lipinski definition) is 0. The molecule has 22 heavy (non-hydrogen) atoms. The molecule has 2 aliphatic rings. The van der Waals surface area contributed by atoms with Crippen molar-refractivity contribution in [1.82, 2.24) is 9.80 Å². The predicted molar refractivity (Wildman–Crippen MR) is 86.5 cm³/mol. The number of benzene rings is 1. The maximum Gasteiger partial charge on any atom is 0.320 e. The van der Waals surface area contributed by atoms with Crippen molar-refractivity contribution in [3.05, 3.63) is 35.9 Å². The Kier molecular flexibility index (Phi) is 4.79. The molecule has 0 aliphatic carbocycles. The highest BCUT2D eigenvalue weighted by Crippen LogP contribution is 2.36. The van der Waals surface area contributed by atoms with E-state index in [1.165, 1.54) is 18.5 Å². The van der Waals surface area contributed by atoms with Crippen LogP contribution in [0, 0.1) is 5.92 Å². The molecule has 0 spiro atoms. The molecule has 2 fully saturated rings. The van der Waals surface area contributed by atoms with E-state index in [9.17, 15) is 4.79 Å². The Morgan fingerprint density at radius 3 is 2.82 bits per heavy atom. The molecule has 0 saturated carbocycles. The summed E-state index contributed by atoms with van der Waals surface area (Å²) in [4.78, 5) is 16.6. The molecule has 0 bridgehead atoms. The van der Waals surface area contributed by atoms with E-state index in [1.807, 2.05) is 6.92 Å². The summed E-state index contributed by atoms with van der Waals surface area (Å²) in [5.41, 5.74) is 1.38. The number of fused-ring (bicyclic) bond motifs is 1. The summed E-state index contributed by atoms with van der Waals surface area (Å²) in [7, 11) is 0. The predicted octanol–water partition coefficient (Wildman–Crippen LogP) is 2.32. The number of nitrogens with zero attached hydrogens (tertiary/aromatic N) is 2. The summed E-state index contributed by atoms with van der Waals surface area (Å²) < 4.78 is 5.08. The van der Waals surface area contributed by atoms with Gasteiger partial charge < -0.3 is 4.74 Å². The monoisotopic (exact) mass is 302 g/mol. The van der Waals surface area contributed by atoms with Gasteiger partial charge in [-0.1, -0.05) is 30.3 Å². The van der Waals surface area contributed by atoms with Crippen LogP contribution in [-0.4, -0.2) is 54.6 Å². The van der Waals surface area contributed by atoms with E-state index in [1.54, 1.807) is 0 Å². The zero-order chi connectivity index (χ0) is 15.5. The lowest BCUT2D eigenvalue weighted by Gasteiger charge is -2.31. The Balaban J connectivity index is 1.62. The van der Waals surface area contributed by atoms with Crippen LogP contribution in [0.5, 0.6) is 0 Å². The Bertz CT molecular complexity index is 505. The molecule has 3 rings (SSSR count). The summed E-state index contributed by atoms with van der Waals surface area (Å²) in [5.74, 6) is 0.603. The lowest BCUT2D eigenvalue weighted by atomic mass is 10.0. The standard InChI is InChI=1S/C18H26N2O2/c1-3-22-18(21)13-19-11-16-9-10-20(17(16)12-19)14(2)15-7-5-4-6-8-15/h4-8,14,16-17H,3,9-13H2,1-2H3/t14-,16-,17+/m1/s1. The highest BCUT2D eigenvalue weighted by atomic mass is 16.5. The third-order valence-electron chi connectivity index (χ3n) is 5.10. The van der Waals surface area contributed by atoms with Gasteiger partial charge >= 0.3 is 5.97 Å². The molecule has 1 aromatic rings. The fourth-order valence-corrected chi connectivity index (χ4v) is 4.00. The van der Waals surface area contributed by atoms with E-state index in [0.29, 0.717) is 31.2 Å². The number of likely N-dealkylation sites (tertiary alicyclic amines) is 2. The number of rotatable bonds is 5. The Labute approximate surface area is 133 Å². The van der Waals surface area contributed by atoms with Crippen LogP contribution in [0.25, 0.3) is 0 Å². The Hall–Kier alpha value is -1.39. The first-order valence-electron chi connectivity index (χ1n) is 8.37. The van der Waals surface area contributed by atoms with Crippen LogP contribution >= 0.6 is 0 Å². The molecule has 1 aromatic carbocycles. The minimum Gasteiger partial charge on any atom is -0.465 e. The van der Waals surface area contributed by atoms with Gasteiger partial charge in [0.2, 0.25) is 0 Å². The lowest BCUT2D eigenvalue weighted by Crippen LogP contribution is -2.38. The van der Waals surface area contributed by atoms with Crippen molar-refractivity contribution in [2.24, 2.45) is 5.92 Å². The first-order valence-corrected chi connectivity index (χ1v) is 8.37. The highest BCUT2D eigenvalue weighted by Gasteiger charge is 2.43. The summed E-state index contributed by atoms with van der Waals surface area (Å²) >= 11 is 0. The third-order valence-corrected chi connectivity index (χ3v) is 5.10. The SMILES string of the molecule is CCOC(=O)CN1C[C@H]2CCN([C@H](C)c3ccccc3)[C@H]2C1. The second kappa shape index (κ2) is 6.80. The Morgan fingerprint density at radius 1 is 1.32 bits per heavy atom. The van der Waals surface area contributed by atoms with Crippen LogP contribution in [0.3, 0.4) is 0 Å². The average Bonchev–Trinajstić information content (AvgIpc) is 3.07. The molecule has 0 radical (unpaired) electrons. The molecule has 4 nitrogen and oxygen atoms in total. The van der Waals surface area contributed by atoms with Gasteiger partial charge in [0.15, 0.2) is 0 Å². The second-order valence-electron chi connectivity index (χ2n) is 6.44. The molecule has 120 valence electrons. The van der Waals surface area contributed by atoms with Crippen molar-refractivity contribution in [2.45, 2.75) is 32.4 Å². The molecule has 4 heteroatoms. The van der Waals surface area contributed by atoms with Gasteiger partial charge in [-0.05, 0) is 38.3 Å². The van der Waals surface area contributed by atoms with E-state index < -0.39 is 0 Å². The zero-order valence-corrected chi connectivity index (χ0v) is 13.6. The number of carbonyl (C=O) groups excluding carboxylic acids is 1. The molecular weight excluding hydrogens is 276 g/mol. The van der Waals surface area contributed by atoms with E-state index >= 15 is 0 Å². The number of carbonyl (C=O) groups is 1. The molecule has 0 amide bonds. The van der Waals surface area contributed by atoms with Crippen LogP contribution in [0.1, 0.15) is 31.9 Å². The van der Waals surface area contributed by atoms with Gasteiger partial charge in [0.25, 0.3) is 0 Å². The van der Waals surface area contributed by atoms with Crippen molar-refractivity contribution in [3.63, 3.8) is 0 Å². The zero-order valence-electron chi connectivity index (χ0n) is 13.6. The van der Waals surface area contributed by atoms with E-state index in [0.717, 1.165) is 13.1 Å². The van der Waals surface area contributed by atoms with Crippen molar-refractivity contribution in [1.29, 1.82) is 0 Å². The first kappa shape index (κ1) is 15.5. The first-order chi connectivity index (χ1) is 10.7. The summed E-state index contributed by atoms with van der Waals surface area (Å²) in [5, 5.41) is 0. The van der Waals surface area contributed by atoms with Gasteiger partial charge in [0.1, 0.15) is 0 Å². The van der Waals surface area contributed by atoms with Gasteiger partial charge in [-0.3, -0.25) is 14.6 Å². The molecule has 0 N–H and O–H groups in total. The maximum atomic E-state index is 11.7. The van der Waals surface area contributed by atoms with E-state index in [-0.39, 0.29) is 5.97 Å². The number of ether oxygens (including phenoxy) is 1. The van der Waals surface area contributed by atoms with Crippen LogP contribution in [0.4, 0.5) is 0 Å². The molecule has 2 aliphatic heterocycles. The summed E-state index contributed by atoms with van der Waals surface area (Å²) in [6.45, 7) is 8.25. The molecule has 2 heterocycles. The van der Waals surface area contributed by atoms with Gasteiger partial charge in [0, 0.05) is 25.2 Å². The van der Waals surface area contributed by atoms with E-state index in [2.05, 4.69) is 47.1 Å². The summed E-state index contributed by atoms with van der Waals surface area (Å²) in [6.07, 6.45) is 1.24. The average molecular weight is 302 g/mol. The largest absolute Gasteiger partial charge is 0.465 e. The van der Waals surface area contributed by atoms with Gasteiger partial charge in [0.05, 0.1) is 13.2 Å². The van der Waals surface area contributed by atoms with Crippen molar-refractivity contribution in [3.8, 4) is 0 Å². The maximum absolute atomic E-state index is 11.7. The molecule has 2 saturated heterocycles. The van der Waals surface area contributed by atoms with Gasteiger partial charge in [-0.15, -0.1) is 0 Å². The van der Waals surface area contributed by atoms with Crippen molar-refractivity contribution >= 4 is 5.97 Å². The topological polar surface area (TPSA) is 32.8 Å². The minimum atomic E-state index is -0.0925. The van der Waals surface area contributed by atoms with Gasteiger partial charge in [-0.25, -0.2) is 0 Å². The van der Waals surface area contributed by atoms with Crippen molar-refractivity contribution < 1.29 is 9.53 Å². The van der Waals surface area contributed by atoms with E-state index in [4.69, 9.17) is 4.74 Å². The van der Waals surface area contributed by atoms with Crippen LogP contribution < -0.4 is 0 Å². The van der Waals surface area contributed by atoms with Crippen LogP contribution in [0.2, 0.25) is 0 Å². The molecular formula is C18H26N2O2. The normalized spacial score (nSPS) is 26.8. The quantitative estimate of drug-likeness (QED) is 0.782. The van der Waals surface area contributed by atoms with Crippen LogP contribution in [0.15, 0.2) is 30.3 Å². The fourth-order valence-electron chi connectivity index (χ4n) is 4.00. The smallest absolute Gasteiger partial charge is 0.320 e. The molecule has 0 unspecified atom stereocenters. The number of hydrogen-bond acceptors (Lipinski definition) is 4. The second-order valence-corrected chi connectivity index (χ2v) is 6.44. The molecule has 3 atom stereocenters. The minimum absolute atomic E-state index is 0.0925. The Morgan fingerprint density at radius 2 is 2.09 bits per heavy atom. The third kappa shape index (κ3) is 3.18. The fraction of sp³-hybridized carbons (Fsp3) is 0.611. The van der Waals surface area contributed by atoms with Crippen LogP contribution in [-0.2, 0) is 9.53 Å².